The third-order valence-electron chi connectivity index (χ3n) is 6.92. The van der Waals surface area contributed by atoms with Gasteiger partial charge in [-0.25, -0.2) is 0 Å². The molecule has 6 aromatic rings. The Morgan fingerprint density at radius 3 is 0.904 bits per heavy atom. The standard InChI is InChI=1S/3C13H7N3O.Al/c3*14-7-9(8-15)6-10-3-4-12(17)13-11(10)2-1-5-16-13;/h3*1-6,17H;/q;;;+3/p-3. The number of fused-ring (bicyclic) bond motifs is 3. The number of nitriles is 6. The SMILES string of the molecule is N#CC(C#N)=Cc1ccc([O-])c2ncccc12.N#CC(C#N)=Cc1ccc([O-])c2ncccc12.N#CC(C#N)=Cc1ccc([O-])c2ncccc12.[Al+3]. The van der Waals surface area contributed by atoms with E-state index in [0.717, 1.165) is 0 Å². The zero-order chi connectivity index (χ0) is 36.8. The van der Waals surface area contributed by atoms with Gasteiger partial charge in [-0.2, -0.15) is 31.6 Å². The predicted octanol–water partition coefficient (Wildman–Crippen LogP) is 4.84. The molecule has 0 bridgehead atoms. The van der Waals surface area contributed by atoms with E-state index in [-0.39, 0.29) is 51.3 Å². The van der Waals surface area contributed by atoms with Crippen molar-refractivity contribution in [1.29, 1.82) is 31.6 Å². The van der Waals surface area contributed by atoms with Crippen molar-refractivity contribution in [1.82, 2.24) is 15.0 Å². The second-order valence-electron chi connectivity index (χ2n) is 10.0. The van der Waals surface area contributed by atoms with Crippen LogP contribution in [0, 0.1) is 68.0 Å². The maximum Gasteiger partial charge on any atom is 3.00 e. The second-order valence-corrected chi connectivity index (χ2v) is 10.0. The van der Waals surface area contributed by atoms with Crippen molar-refractivity contribution in [2.45, 2.75) is 0 Å². The molecule has 12 nitrogen and oxygen atoms in total. The summed E-state index contributed by atoms with van der Waals surface area (Å²) >= 11 is 0. The average molecular weight is 688 g/mol. The minimum absolute atomic E-state index is 0. The first-order valence-electron chi connectivity index (χ1n) is 14.5. The van der Waals surface area contributed by atoms with E-state index in [9.17, 15) is 15.3 Å². The number of hydrogen-bond acceptors (Lipinski definition) is 12. The van der Waals surface area contributed by atoms with Gasteiger partial charge in [0.05, 0.1) is 16.6 Å². The first-order chi connectivity index (χ1) is 24.8. The first kappa shape index (κ1) is 38.4. The molecule has 0 unspecified atom stereocenters. The summed E-state index contributed by atoms with van der Waals surface area (Å²) < 4.78 is 0. The molecular weight excluding hydrogens is 669 g/mol. The molecule has 0 atom stereocenters. The van der Waals surface area contributed by atoms with Gasteiger partial charge >= 0.3 is 17.4 Å². The fraction of sp³-hybridized carbons (Fsp3) is 0. The number of pyridine rings is 3. The van der Waals surface area contributed by atoms with Crippen molar-refractivity contribution in [3.63, 3.8) is 0 Å². The van der Waals surface area contributed by atoms with Crippen molar-refractivity contribution in [3.8, 4) is 53.7 Å². The predicted molar refractivity (Wildman–Crippen MR) is 187 cm³/mol. The molecule has 0 spiro atoms. The van der Waals surface area contributed by atoms with E-state index in [1.54, 1.807) is 91.0 Å². The number of hydrogen-bond donors (Lipinski definition) is 0. The summed E-state index contributed by atoms with van der Waals surface area (Å²) in [6.45, 7) is 0. The molecule has 0 fully saturated rings. The molecule has 3 aromatic carbocycles. The maximum atomic E-state index is 11.5. The quantitative estimate of drug-likeness (QED) is 0.179. The summed E-state index contributed by atoms with van der Waals surface area (Å²) in [4.78, 5) is 12.0. The number of nitrogens with zero attached hydrogens (tertiary/aromatic N) is 9. The van der Waals surface area contributed by atoms with Crippen molar-refractivity contribution in [2.75, 3.05) is 0 Å². The van der Waals surface area contributed by atoms with Crippen molar-refractivity contribution < 1.29 is 15.3 Å². The molecule has 3 aromatic heterocycles. The Morgan fingerprint density at radius 1 is 0.423 bits per heavy atom. The molecule has 0 aliphatic heterocycles. The third-order valence-corrected chi connectivity index (χ3v) is 6.92. The smallest absolute Gasteiger partial charge is 0.871 e. The van der Waals surface area contributed by atoms with E-state index in [0.29, 0.717) is 49.4 Å². The Kier molecular flexibility index (Phi) is 13.7. The summed E-state index contributed by atoms with van der Waals surface area (Å²) in [5.74, 6) is -0.519. The average Bonchev–Trinajstić information content (AvgIpc) is 3.18. The van der Waals surface area contributed by atoms with Crippen molar-refractivity contribution in [2.24, 2.45) is 0 Å². The Labute approximate surface area is 307 Å². The molecule has 0 aliphatic carbocycles. The Balaban J connectivity index is 0.000000208. The second kappa shape index (κ2) is 18.5. The van der Waals surface area contributed by atoms with Crippen LogP contribution in [0.4, 0.5) is 0 Å². The van der Waals surface area contributed by atoms with Crippen molar-refractivity contribution in [3.05, 3.63) is 125 Å². The van der Waals surface area contributed by atoms with E-state index in [2.05, 4.69) is 15.0 Å². The Morgan fingerprint density at radius 2 is 0.673 bits per heavy atom. The Hall–Kier alpha value is -8.02. The third kappa shape index (κ3) is 9.11. The van der Waals surface area contributed by atoms with E-state index < -0.39 is 0 Å². The van der Waals surface area contributed by atoms with Gasteiger partial charge in [0.2, 0.25) is 0 Å². The normalized spacial score (nSPS) is 9.12. The number of allylic oxidation sites excluding steroid dienone is 3. The Bertz CT molecular complexity index is 2320. The molecule has 240 valence electrons. The molecule has 0 amide bonds. The van der Waals surface area contributed by atoms with Crippen LogP contribution in [0.15, 0.2) is 108 Å². The summed E-state index contributed by atoms with van der Waals surface area (Å²) in [6.07, 6.45) is 8.95. The molecule has 0 saturated heterocycles. The van der Waals surface area contributed by atoms with Gasteiger partial charge in [-0.15, -0.1) is 0 Å². The fourth-order valence-corrected chi connectivity index (χ4v) is 4.62. The topological polar surface area (TPSA) is 251 Å². The van der Waals surface area contributed by atoms with E-state index in [1.807, 2.05) is 0 Å². The van der Waals surface area contributed by atoms with Crippen LogP contribution in [0.2, 0.25) is 0 Å². The van der Waals surface area contributed by atoms with Gasteiger partial charge in [-0.05, 0) is 53.1 Å². The molecule has 0 aliphatic rings. The number of rotatable bonds is 3. The van der Waals surface area contributed by atoms with Gasteiger partial charge in [0, 0.05) is 34.7 Å². The van der Waals surface area contributed by atoms with Gasteiger partial charge in [0.1, 0.15) is 53.1 Å². The minimum atomic E-state index is -0.173. The summed E-state index contributed by atoms with van der Waals surface area (Å²) in [7, 11) is 0. The molecule has 3 heterocycles. The van der Waals surface area contributed by atoms with Crippen LogP contribution in [-0.4, -0.2) is 32.3 Å². The minimum Gasteiger partial charge on any atom is -0.871 e. The van der Waals surface area contributed by atoms with Crippen LogP contribution in [0.1, 0.15) is 16.7 Å². The van der Waals surface area contributed by atoms with Gasteiger partial charge in [0.15, 0.2) is 0 Å². The molecule has 52 heavy (non-hydrogen) atoms. The van der Waals surface area contributed by atoms with Crippen LogP contribution in [0.25, 0.3) is 50.9 Å². The van der Waals surface area contributed by atoms with Gasteiger partial charge in [-0.3, -0.25) is 15.0 Å². The van der Waals surface area contributed by atoms with Crippen LogP contribution in [0.3, 0.4) is 0 Å². The van der Waals surface area contributed by atoms with Gasteiger partial charge in [-0.1, -0.05) is 71.8 Å². The molecule has 0 radical (unpaired) electrons. The fourth-order valence-electron chi connectivity index (χ4n) is 4.62. The summed E-state index contributed by atoms with van der Waals surface area (Å²) in [5.41, 5.74) is 2.95. The monoisotopic (exact) mass is 687 g/mol. The number of benzene rings is 3. The van der Waals surface area contributed by atoms with Crippen LogP contribution >= 0.6 is 0 Å². The maximum absolute atomic E-state index is 11.5. The van der Waals surface area contributed by atoms with E-state index in [4.69, 9.17) is 31.6 Å². The molecular formula is C39H18AlN9O3. The largest absolute Gasteiger partial charge is 3.00 e. The van der Waals surface area contributed by atoms with Crippen molar-refractivity contribution >= 4 is 68.3 Å². The van der Waals surface area contributed by atoms with E-state index in [1.165, 1.54) is 55.0 Å². The molecule has 6 rings (SSSR count). The van der Waals surface area contributed by atoms with Crippen LogP contribution in [-0.2, 0) is 0 Å². The number of aromatic nitrogens is 3. The zero-order valence-corrected chi connectivity index (χ0v) is 27.9. The summed E-state index contributed by atoms with van der Waals surface area (Å²) in [5, 5.41) is 88.7. The van der Waals surface area contributed by atoms with E-state index >= 15 is 0 Å². The van der Waals surface area contributed by atoms with Gasteiger partial charge < -0.3 is 15.3 Å². The molecule has 0 N–H and O–H groups in total. The summed E-state index contributed by atoms with van der Waals surface area (Å²) in [6, 6.07) is 29.9. The van der Waals surface area contributed by atoms with Crippen LogP contribution in [0.5, 0.6) is 17.2 Å². The van der Waals surface area contributed by atoms with Gasteiger partial charge in [0.25, 0.3) is 0 Å². The molecule has 0 saturated carbocycles. The molecule has 13 heteroatoms. The first-order valence-corrected chi connectivity index (χ1v) is 14.5. The van der Waals surface area contributed by atoms with Crippen LogP contribution < -0.4 is 15.3 Å². The zero-order valence-electron chi connectivity index (χ0n) is 26.7.